The summed E-state index contributed by atoms with van der Waals surface area (Å²) in [6.07, 6.45) is 1.68. The van der Waals surface area contributed by atoms with Gasteiger partial charge in [0.1, 0.15) is 0 Å². The summed E-state index contributed by atoms with van der Waals surface area (Å²) in [5.41, 5.74) is 2.89. The lowest BCUT2D eigenvalue weighted by Gasteiger charge is -2.07. The number of hydrogen-bond acceptors (Lipinski definition) is 2. The number of imidazole rings is 1. The SMILES string of the molecule is Cc1[nH]cnc1CNc1ccc(Cl)cc1Cl. The van der Waals surface area contributed by atoms with Crippen LogP contribution in [0.3, 0.4) is 0 Å². The van der Waals surface area contributed by atoms with E-state index in [4.69, 9.17) is 23.2 Å². The van der Waals surface area contributed by atoms with Crippen LogP contribution in [0.2, 0.25) is 10.0 Å². The van der Waals surface area contributed by atoms with Crippen LogP contribution in [0, 0.1) is 6.92 Å². The average molecular weight is 256 g/mol. The molecule has 2 N–H and O–H groups in total. The van der Waals surface area contributed by atoms with Crippen molar-refractivity contribution < 1.29 is 0 Å². The van der Waals surface area contributed by atoms with E-state index >= 15 is 0 Å². The zero-order valence-corrected chi connectivity index (χ0v) is 10.2. The summed E-state index contributed by atoms with van der Waals surface area (Å²) in [4.78, 5) is 7.21. The molecule has 16 heavy (non-hydrogen) atoms. The van der Waals surface area contributed by atoms with E-state index in [0.29, 0.717) is 16.6 Å². The first kappa shape index (κ1) is 11.3. The lowest BCUT2D eigenvalue weighted by atomic mass is 10.3. The van der Waals surface area contributed by atoms with Crippen LogP contribution in [0.15, 0.2) is 24.5 Å². The third-order valence-corrected chi connectivity index (χ3v) is 2.86. The van der Waals surface area contributed by atoms with Crippen LogP contribution in [0.4, 0.5) is 5.69 Å². The fourth-order valence-electron chi connectivity index (χ4n) is 1.38. The Bertz CT molecular complexity index is 494. The fraction of sp³-hybridized carbons (Fsp3) is 0.182. The molecule has 0 radical (unpaired) electrons. The number of aryl methyl sites for hydroxylation is 1. The fourth-order valence-corrected chi connectivity index (χ4v) is 1.85. The maximum absolute atomic E-state index is 6.03. The molecule has 2 rings (SSSR count). The summed E-state index contributed by atoms with van der Waals surface area (Å²) < 4.78 is 0. The molecule has 0 fully saturated rings. The Kier molecular flexibility index (Phi) is 3.36. The molecule has 0 aliphatic carbocycles. The van der Waals surface area contributed by atoms with Gasteiger partial charge in [0.15, 0.2) is 0 Å². The van der Waals surface area contributed by atoms with Gasteiger partial charge in [-0.2, -0.15) is 0 Å². The largest absolute Gasteiger partial charge is 0.378 e. The molecule has 0 bridgehead atoms. The van der Waals surface area contributed by atoms with Crippen LogP contribution in [0.1, 0.15) is 11.4 Å². The highest BCUT2D eigenvalue weighted by Crippen LogP contribution is 2.25. The maximum Gasteiger partial charge on any atom is 0.0925 e. The smallest absolute Gasteiger partial charge is 0.0925 e. The minimum atomic E-state index is 0.612. The molecule has 0 saturated heterocycles. The van der Waals surface area contributed by atoms with Crippen molar-refractivity contribution in [3.63, 3.8) is 0 Å². The molecule has 1 heterocycles. The van der Waals surface area contributed by atoms with E-state index < -0.39 is 0 Å². The van der Waals surface area contributed by atoms with E-state index in [0.717, 1.165) is 17.1 Å². The summed E-state index contributed by atoms with van der Waals surface area (Å²) in [5, 5.41) is 4.45. The molecule has 5 heteroatoms. The van der Waals surface area contributed by atoms with E-state index in [-0.39, 0.29) is 0 Å². The molecule has 0 spiro atoms. The molecule has 1 aromatic heterocycles. The number of halogens is 2. The second kappa shape index (κ2) is 4.76. The summed E-state index contributed by atoms with van der Waals surface area (Å²) in [6.45, 7) is 2.62. The highest BCUT2D eigenvalue weighted by Gasteiger charge is 2.03. The van der Waals surface area contributed by atoms with Gasteiger partial charge in [0.2, 0.25) is 0 Å². The Morgan fingerprint density at radius 3 is 2.81 bits per heavy atom. The van der Waals surface area contributed by atoms with Gasteiger partial charge < -0.3 is 10.3 Å². The highest BCUT2D eigenvalue weighted by atomic mass is 35.5. The summed E-state index contributed by atoms with van der Waals surface area (Å²) in [6, 6.07) is 5.36. The predicted octanol–water partition coefficient (Wildman–Crippen LogP) is 3.64. The minimum Gasteiger partial charge on any atom is -0.378 e. The second-order valence-electron chi connectivity index (χ2n) is 3.45. The molecule has 84 valence electrons. The Balaban J connectivity index is 2.08. The summed E-state index contributed by atoms with van der Waals surface area (Å²) in [5.74, 6) is 0. The summed E-state index contributed by atoms with van der Waals surface area (Å²) in [7, 11) is 0. The number of nitrogens with zero attached hydrogens (tertiary/aromatic N) is 1. The van der Waals surface area contributed by atoms with Crippen molar-refractivity contribution in [2.75, 3.05) is 5.32 Å². The number of nitrogens with one attached hydrogen (secondary N) is 2. The molecule has 2 aromatic rings. The van der Waals surface area contributed by atoms with Crippen molar-refractivity contribution in [3.8, 4) is 0 Å². The van der Waals surface area contributed by atoms with Gasteiger partial charge in [-0.15, -0.1) is 0 Å². The first-order valence-electron chi connectivity index (χ1n) is 4.84. The van der Waals surface area contributed by atoms with E-state index in [1.165, 1.54) is 0 Å². The first-order chi connectivity index (χ1) is 7.66. The Hall–Kier alpha value is -1.19. The third kappa shape index (κ3) is 2.49. The number of rotatable bonds is 3. The van der Waals surface area contributed by atoms with Crippen LogP contribution >= 0.6 is 23.2 Å². The zero-order valence-electron chi connectivity index (χ0n) is 8.72. The van der Waals surface area contributed by atoms with Crippen LogP contribution in [0.5, 0.6) is 0 Å². The number of hydrogen-bond donors (Lipinski definition) is 2. The number of aromatic amines is 1. The van der Waals surface area contributed by atoms with E-state index in [2.05, 4.69) is 15.3 Å². The van der Waals surface area contributed by atoms with Gasteiger partial charge >= 0.3 is 0 Å². The van der Waals surface area contributed by atoms with Gasteiger partial charge in [-0.05, 0) is 25.1 Å². The second-order valence-corrected chi connectivity index (χ2v) is 4.30. The molecule has 0 amide bonds. The topological polar surface area (TPSA) is 40.7 Å². The van der Waals surface area contributed by atoms with Crippen molar-refractivity contribution in [2.24, 2.45) is 0 Å². The van der Waals surface area contributed by atoms with Gasteiger partial charge in [0, 0.05) is 10.7 Å². The maximum atomic E-state index is 6.03. The van der Waals surface area contributed by atoms with Gasteiger partial charge in [-0.1, -0.05) is 23.2 Å². The van der Waals surface area contributed by atoms with Crippen molar-refractivity contribution in [1.29, 1.82) is 0 Å². The van der Waals surface area contributed by atoms with Crippen molar-refractivity contribution in [1.82, 2.24) is 9.97 Å². The monoisotopic (exact) mass is 255 g/mol. The van der Waals surface area contributed by atoms with Crippen molar-refractivity contribution in [2.45, 2.75) is 13.5 Å². The molecular weight excluding hydrogens is 245 g/mol. The minimum absolute atomic E-state index is 0.612. The van der Waals surface area contributed by atoms with E-state index in [1.54, 1.807) is 18.5 Å². The lowest BCUT2D eigenvalue weighted by Crippen LogP contribution is -2.01. The van der Waals surface area contributed by atoms with Crippen molar-refractivity contribution >= 4 is 28.9 Å². The van der Waals surface area contributed by atoms with Gasteiger partial charge in [-0.25, -0.2) is 4.98 Å². The standard InChI is InChI=1S/C11H11Cl2N3/c1-7-11(16-6-15-7)5-14-10-3-2-8(12)4-9(10)13/h2-4,6,14H,5H2,1H3,(H,15,16). The number of benzene rings is 1. The van der Waals surface area contributed by atoms with Crippen LogP contribution in [-0.4, -0.2) is 9.97 Å². The third-order valence-electron chi connectivity index (χ3n) is 2.31. The number of anilines is 1. The quantitative estimate of drug-likeness (QED) is 0.880. The first-order valence-corrected chi connectivity index (χ1v) is 5.60. The summed E-state index contributed by atoms with van der Waals surface area (Å²) >= 11 is 11.8. The predicted molar refractivity (Wildman–Crippen MR) is 67.1 cm³/mol. The van der Waals surface area contributed by atoms with Crippen molar-refractivity contribution in [3.05, 3.63) is 46.0 Å². The molecular formula is C11H11Cl2N3. The van der Waals surface area contributed by atoms with Crippen LogP contribution in [-0.2, 0) is 6.54 Å². The Labute approximate surface area is 104 Å². The van der Waals surface area contributed by atoms with Gasteiger partial charge in [0.05, 0.1) is 29.3 Å². The molecule has 0 atom stereocenters. The van der Waals surface area contributed by atoms with E-state index in [9.17, 15) is 0 Å². The average Bonchev–Trinajstić information content (AvgIpc) is 2.63. The van der Waals surface area contributed by atoms with Gasteiger partial charge in [0.25, 0.3) is 0 Å². The Morgan fingerprint density at radius 2 is 2.19 bits per heavy atom. The number of H-pyrrole nitrogens is 1. The zero-order chi connectivity index (χ0) is 11.5. The lowest BCUT2D eigenvalue weighted by molar-refractivity contribution is 1.05. The van der Waals surface area contributed by atoms with Gasteiger partial charge in [-0.3, -0.25) is 0 Å². The van der Waals surface area contributed by atoms with Crippen LogP contribution in [0.25, 0.3) is 0 Å². The normalized spacial score (nSPS) is 10.4. The molecule has 1 aromatic carbocycles. The molecule has 0 saturated carbocycles. The molecule has 0 unspecified atom stereocenters. The molecule has 0 aliphatic rings. The Morgan fingerprint density at radius 1 is 1.38 bits per heavy atom. The van der Waals surface area contributed by atoms with E-state index in [1.807, 2.05) is 13.0 Å². The molecule has 0 aliphatic heterocycles. The number of aromatic nitrogens is 2. The molecule has 3 nitrogen and oxygen atoms in total. The van der Waals surface area contributed by atoms with Crippen LogP contribution < -0.4 is 5.32 Å². The highest BCUT2D eigenvalue weighted by molar-refractivity contribution is 6.36.